The number of H-pyrrole nitrogens is 1. The van der Waals surface area contributed by atoms with E-state index in [1.807, 2.05) is 30.5 Å². The number of aromatic amines is 1. The number of nitrogens with one attached hydrogen (secondary N) is 2. The lowest BCUT2D eigenvalue weighted by atomic mass is 9.98. The Morgan fingerprint density at radius 3 is 2.64 bits per heavy atom. The second kappa shape index (κ2) is 10.2. The van der Waals surface area contributed by atoms with E-state index < -0.39 is 11.9 Å². The number of carbonyl (C=O) groups excluding carboxylic acids is 3. The average molecular weight is 469 g/mol. The number of aromatic nitrogens is 1. The van der Waals surface area contributed by atoms with Crippen LogP contribution in [0.5, 0.6) is 0 Å². The highest BCUT2D eigenvalue weighted by atomic mass is 32.1. The number of ether oxygens (including phenoxy) is 2. The molecule has 8 heteroatoms. The van der Waals surface area contributed by atoms with Gasteiger partial charge < -0.3 is 19.8 Å². The van der Waals surface area contributed by atoms with Crippen molar-refractivity contribution in [2.75, 3.05) is 11.9 Å². The zero-order valence-electron chi connectivity index (χ0n) is 18.9. The Morgan fingerprint density at radius 1 is 1.12 bits per heavy atom. The largest absolute Gasteiger partial charge is 0.462 e. The normalized spacial score (nSPS) is 14.2. The van der Waals surface area contributed by atoms with Crippen molar-refractivity contribution in [3.8, 4) is 0 Å². The number of esters is 2. The maximum atomic E-state index is 12.9. The number of rotatable bonds is 7. The van der Waals surface area contributed by atoms with Crippen LogP contribution in [0.3, 0.4) is 0 Å². The summed E-state index contributed by atoms with van der Waals surface area (Å²) in [5.41, 5.74) is 2.49. The van der Waals surface area contributed by atoms with Crippen molar-refractivity contribution >= 4 is 45.1 Å². The number of thiophene rings is 1. The third-order valence-electron chi connectivity index (χ3n) is 5.92. The number of amides is 1. The molecule has 1 aliphatic rings. The van der Waals surface area contributed by atoms with Crippen molar-refractivity contribution in [1.82, 2.24) is 4.98 Å². The van der Waals surface area contributed by atoms with Crippen LogP contribution in [-0.2, 0) is 20.7 Å². The van der Waals surface area contributed by atoms with E-state index in [2.05, 4.69) is 10.3 Å². The van der Waals surface area contributed by atoms with E-state index in [0.717, 1.165) is 59.9 Å². The van der Waals surface area contributed by atoms with Crippen LogP contribution in [0, 0.1) is 6.92 Å². The van der Waals surface area contributed by atoms with Crippen molar-refractivity contribution in [3.05, 3.63) is 52.0 Å². The minimum absolute atomic E-state index is 0.0984. The first kappa shape index (κ1) is 23.0. The van der Waals surface area contributed by atoms with Gasteiger partial charge in [-0.3, -0.25) is 4.79 Å². The maximum absolute atomic E-state index is 12.9. The van der Waals surface area contributed by atoms with E-state index in [0.29, 0.717) is 15.4 Å². The molecule has 1 aromatic carbocycles. The van der Waals surface area contributed by atoms with Gasteiger partial charge in [0, 0.05) is 17.1 Å². The lowest BCUT2D eigenvalue weighted by Crippen LogP contribution is -2.21. The molecule has 0 radical (unpaired) electrons. The van der Waals surface area contributed by atoms with Crippen molar-refractivity contribution in [2.45, 2.75) is 58.5 Å². The van der Waals surface area contributed by atoms with Gasteiger partial charge in [0.05, 0.1) is 18.6 Å². The summed E-state index contributed by atoms with van der Waals surface area (Å²) in [7, 11) is 0. The molecule has 7 nitrogen and oxygen atoms in total. The minimum atomic E-state index is -0.564. The first-order valence-corrected chi connectivity index (χ1v) is 12.2. The molecule has 2 aromatic heterocycles. The maximum Gasteiger partial charge on any atom is 0.348 e. The van der Waals surface area contributed by atoms with E-state index in [4.69, 9.17) is 9.47 Å². The van der Waals surface area contributed by atoms with Crippen molar-refractivity contribution in [2.24, 2.45) is 0 Å². The fourth-order valence-corrected chi connectivity index (χ4v) is 5.35. The molecule has 3 aromatic rings. The van der Waals surface area contributed by atoms with Crippen LogP contribution in [0.15, 0.2) is 30.5 Å². The summed E-state index contributed by atoms with van der Waals surface area (Å²) in [5, 5.41) is 4.11. The number of fused-ring (bicyclic) bond motifs is 1. The van der Waals surface area contributed by atoms with Crippen molar-refractivity contribution in [1.29, 1.82) is 0 Å². The average Bonchev–Trinajstić information content (AvgIpc) is 3.35. The number of hydrogen-bond acceptors (Lipinski definition) is 6. The Morgan fingerprint density at radius 2 is 1.88 bits per heavy atom. The Bertz CT molecular complexity index is 1170. The van der Waals surface area contributed by atoms with Crippen molar-refractivity contribution in [3.63, 3.8) is 0 Å². The molecule has 0 bridgehead atoms. The van der Waals surface area contributed by atoms with Crippen LogP contribution in [0.1, 0.15) is 70.2 Å². The van der Waals surface area contributed by atoms with Gasteiger partial charge in [0.15, 0.2) is 0 Å². The van der Waals surface area contributed by atoms with E-state index in [1.165, 1.54) is 0 Å². The van der Waals surface area contributed by atoms with Gasteiger partial charge in [0.2, 0.25) is 5.91 Å². The van der Waals surface area contributed by atoms with Crippen LogP contribution in [0.2, 0.25) is 0 Å². The zero-order chi connectivity index (χ0) is 23.4. The van der Waals surface area contributed by atoms with Gasteiger partial charge in [-0.05, 0) is 56.7 Å². The molecule has 1 aliphatic carbocycles. The zero-order valence-corrected chi connectivity index (χ0v) is 19.7. The summed E-state index contributed by atoms with van der Waals surface area (Å²) in [5.74, 6) is -1.30. The van der Waals surface area contributed by atoms with Gasteiger partial charge in [0.25, 0.3) is 0 Å². The van der Waals surface area contributed by atoms with E-state index in [1.54, 1.807) is 13.8 Å². The molecule has 0 spiro atoms. The first-order chi connectivity index (χ1) is 16.0. The summed E-state index contributed by atoms with van der Waals surface area (Å²) >= 11 is 1.07. The van der Waals surface area contributed by atoms with Gasteiger partial charge in [0.1, 0.15) is 16.0 Å². The number of para-hydroxylation sites is 1. The molecule has 174 valence electrons. The molecule has 0 aliphatic heterocycles. The molecule has 1 amide bonds. The number of carbonyl (C=O) groups is 3. The number of benzene rings is 1. The monoisotopic (exact) mass is 468 g/mol. The van der Waals surface area contributed by atoms with Crippen molar-refractivity contribution < 1.29 is 23.9 Å². The van der Waals surface area contributed by atoms with E-state index in [9.17, 15) is 14.4 Å². The molecule has 33 heavy (non-hydrogen) atoms. The molecule has 0 saturated heterocycles. The minimum Gasteiger partial charge on any atom is -0.462 e. The van der Waals surface area contributed by atoms with E-state index >= 15 is 0 Å². The van der Waals surface area contributed by atoms with Crippen LogP contribution >= 0.6 is 11.3 Å². The molecule has 4 rings (SSSR count). The number of anilines is 1. The van der Waals surface area contributed by atoms with Gasteiger partial charge >= 0.3 is 11.9 Å². The van der Waals surface area contributed by atoms with Gasteiger partial charge in [-0.1, -0.05) is 24.6 Å². The second-order valence-corrected chi connectivity index (χ2v) is 9.25. The summed E-state index contributed by atoms with van der Waals surface area (Å²) in [6, 6.07) is 7.75. The third-order valence-corrected chi connectivity index (χ3v) is 7.10. The smallest absolute Gasteiger partial charge is 0.348 e. The highest BCUT2D eigenvalue weighted by molar-refractivity contribution is 7.18. The van der Waals surface area contributed by atoms with Crippen LogP contribution in [0.4, 0.5) is 5.00 Å². The summed E-state index contributed by atoms with van der Waals surface area (Å²) in [6.45, 7) is 3.60. The lowest BCUT2D eigenvalue weighted by Gasteiger charge is -2.21. The van der Waals surface area contributed by atoms with E-state index in [-0.39, 0.29) is 30.6 Å². The summed E-state index contributed by atoms with van der Waals surface area (Å²) < 4.78 is 10.9. The topological polar surface area (TPSA) is 97.5 Å². The molecular formula is C25H28N2O5S. The highest BCUT2D eigenvalue weighted by Crippen LogP contribution is 2.35. The molecule has 1 fully saturated rings. The SMILES string of the molecule is CCOC(=O)c1c(NC(=O)Cc2c[nH]c3ccccc23)sc(C(=O)OC2CCCCC2)c1C. The van der Waals surface area contributed by atoms with Crippen LogP contribution < -0.4 is 5.32 Å². The molecule has 1 saturated carbocycles. The Labute approximate surface area is 196 Å². The number of hydrogen-bond donors (Lipinski definition) is 2. The third kappa shape index (κ3) is 5.11. The molecule has 0 unspecified atom stereocenters. The second-order valence-electron chi connectivity index (χ2n) is 8.23. The summed E-state index contributed by atoms with van der Waals surface area (Å²) in [4.78, 5) is 41.9. The van der Waals surface area contributed by atoms with Gasteiger partial charge in [-0.25, -0.2) is 9.59 Å². The fraction of sp³-hybridized carbons (Fsp3) is 0.400. The standard InChI is InChI=1S/C25H28N2O5S/c1-3-31-24(29)21-15(2)22(25(30)32-17-9-5-4-6-10-17)33-23(21)27-20(28)13-16-14-26-19-12-8-7-11-18(16)19/h7-8,11-12,14,17,26H,3-6,9-10,13H2,1-2H3,(H,27,28). The molecule has 0 atom stereocenters. The summed E-state index contributed by atoms with van der Waals surface area (Å²) in [6.07, 6.45) is 6.80. The van der Waals surface area contributed by atoms with Gasteiger partial charge in [-0.2, -0.15) is 0 Å². The Hall–Kier alpha value is -3.13. The Balaban J connectivity index is 1.56. The Kier molecular flexibility index (Phi) is 7.13. The van der Waals surface area contributed by atoms with Crippen LogP contribution in [-0.4, -0.2) is 35.5 Å². The van der Waals surface area contributed by atoms with Crippen LogP contribution in [0.25, 0.3) is 10.9 Å². The predicted molar refractivity (Wildman–Crippen MR) is 128 cm³/mol. The lowest BCUT2D eigenvalue weighted by molar-refractivity contribution is -0.115. The van der Waals surface area contributed by atoms with Gasteiger partial charge in [-0.15, -0.1) is 11.3 Å². The highest BCUT2D eigenvalue weighted by Gasteiger charge is 2.29. The fourth-order valence-electron chi connectivity index (χ4n) is 4.25. The predicted octanol–water partition coefficient (Wildman–Crippen LogP) is 5.39. The molecule has 2 heterocycles. The molecule has 2 N–H and O–H groups in total. The quantitative estimate of drug-likeness (QED) is 0.454. The molecular weight excluding hydrogens is 440 g/mol. The first-order valence-electron chi connectivity index (χ1n) is 11.3.